The summed E-state index contributed by atoms with van der Waals surface area (Å²) in [4.78, 5) is 5.63. The highest BCUT2D eigenvalue weighted by atomic mass is 79.9. The first-order valence-electron chi connectivity index (χ1n) is 5.24. The molecule has 2 aromatic heterocycles. The largest absolute Gasteiger partial charge is 0.461 e. The maximum absolute atomic E-state index is 5.38. The SMILES string of the molecule is Brc1ccoc1-c1ncc(CNC2CC2)s1. The molecular weight excluding hydrogens is 288 g/mol. The summed E-state index contributed by atoms with van der Waals surface area (Å²) in [7, 11) is 0. The minimum absolute atomic E-state index is 0.737. The van der Waals surface area contributed by atoms with Crippen molar-refractivity contribution in [3.05, 3.63) is 27.9 Å². The molecule has 1 aliphatic carbocycles. The molecule has 1 fully saturated rings. The number of nitrogens with one attached hydrogen (secondary N) is 1. The maximum atomic E-state index is 5.38. The van der Waals surface area contributed by atoms with Gasteiger partial charge in [-0.3, -0.25) is 0 Å². The van der Waals surface area contributed by atoms with E-state index in [9.17, 15) is 0 Å². The Morgan fingerprint density at radius 2 is 2.44 bits per heavy atom. The zero-order valence-electron chi connectivity index (χ0n) is 8.57. The maximum Gasteiger partial charge on any atom is 0.176 e. The Labute approximate surface area is 106 Å². The van der Waals surface area contributed by atoms with Gasteiger partial charge in [0, 0.05) is 23.7 Å². The Morgan fingerprint density at radius 1 is 1.56 bits per heavy atom. The van der Waals surface area contributed by atoms with E-state index in [1.54, 1.807) is 17.6 Å². The molecule has 0 radical (unpaired) electrons. The third kappa shape index (κ3) is 2.21. The second kappa shape index (κ2) is 4.31. The lowest BCUT2D eigenvalue weighted by atomic mass is 10.5. The fraction of sp³-hybridized carbons (Fsp3) is 0.364. The van der Waals surface area contributed by atoms with Crippen LogP contribution in [0.2, 0.25) is 0 Å². The van der Waals surface area contributed by atoms with E-state index in [4.69, 9.17) is 4.42 Å². The summed E-state index contributed by atoms with van der Waals surface area (Å²) >= 11 is 5.12. The second-order valence-electron chi connectivity index (χ2n) is 3.88. The lowest BCUT2D eigenvalue weighted by Crippen LogP contribution is -2.14. The van der Waals surface area contributed by atoms with Crippen molar-refractivity contribution in [2.45, 2.75) is 25.4 Å². The number of hydrogen-bond acceptors (Lipinski definition) is 4. The predicted molar refractivity (Wildman–Crippen MR) is 67.4 cm³/mol. The lowest BCUT2D eigenvalue weighted by Gasteiger charge is -1.96. The highest BCUT2D eigenvalue weighted by molar-refractivity contribution is 9.10. The summed E-state index contributed by atoms with van der Waals surface area (Å²) in [5.74, 6) is 0.822. The van der Waals surface area contributed by atoms with E-state index in [-0.39, 0.29) is 0 Å². The zero-order valence-corrected chi connectivity index (χ0v) is 11.0. The van der Waals surface area contributed by atoms with Crippen molar-refractivity contribution < 1.29 is 4.42 Å². The summed E-state index contributed by atoms with van der Waals surface area (Å²) in [5.41, 5.74) is 0. The van der Waals surface area contributed by atoms with Gasteiger partial charge in [-0.15, -0.1) is 11.3 Å². The predicted octanol–water partition coefficient (Wildman–Crippen LogP) is 3.42. The van der Waals surface area contributed by atoms with Crippen molar-refractivity contribution >= 4 is 27.3 Å². The van der Waals surface area contributed by atoms with Gasteiger partial charge in [-0.05, 0) is 34.8 Å². The number of aromatic nitrogens is 1. The van der Waals surface area contributed by atoms with Crippen molar-refractivity contribution in [3.63, 3.8) is 0 Å². The van der Waals surface area contributed by atoms with Crippen molar-refractivity contribution in [3.8, 4) is 10.8 Å². The highest BCUT2D eigenvalue weighted by Gasteiger charge is 2.20. The smallest absolute Gasteiger partial charge is 0.176 e. The quantitative estimate of drug-likeness (QED) is 0.940. The highest BCUT2D eigenvalue weighted by Crippen LogP contribution is 2.32. The standard InChI is InChI=1S/C11H11BrN2OS/c12-9-3-4-15-10(9)11-14-6-8(16-11)5-13-7-1-2-7/h3-4,6-7,13H,1-2,5H2. The van der Waals surface area contributed by atoms with Gasteiger partial charge in [-0.25, -0.2) is 4.98 Å². The molecule has 5 heteroatoms. The molecular formula is C11H11BrN2OS. The Morgan fingerprint density at radius 3 is 3.12 bits per heavy atom. The van der Waals surface area contributed by atoms with E-state index in [2.05, 4.69) is 26.2 Å². The molecule has 1 aliphatic rings. The number of thiazole rings is 1. The van der Waals surface area contributed by atoms with Crippen LogP contribution in [0, 0.1) is 0 Å². The fourth-order valence-corrected chi connectivity index (χ4v) is 2.86. The van der Waals surface area contributed by atoms with E-state index < -0.39 is 0 Å². The summed E-state index contributed by atoms with van der Waals surface area (Å²) in [6, 6.07) is 2.62. The van der Waals surface area contributed by atoms with Gasteiger partial charge >= 0.3 is 0 Å². The normalized spacial score (nSPS) is 15.6. The average molecular weight is 299 g/mol. The van der Waals surface area contributed by atoms with Crippen molar-refractivity contribution in [2.24, 2.45) is 0 Å². The molecule has 16 heavy (non-hydrogen) atoms. The van der Waals surface area contributed by atoms with Gasteiger partial charge in [0.25, 0.3) is 0 Å². The van der Waals surface area contributed by atoms with Crippen LogP contribution in [0.1, 0.15) is 17.7 Å². The summed E-state index contributed by atoms with van der Waals surface area (Å²) in [6.07, 6.45) is 6.22. The number of furan rings is 1. The first kappa shape index (κ1) is 10.5. The average Bonchev–Trinajstić information content (AvgIpc) is 2.82. The van der Waals surface area contributed by atoms with Crippen LogP contribution in [0.15, 0.2) is 27.4 Å². The van der Waals surface area contributed by atoms with E-state index in [0.29, 0.717) is 0 Å². The van der Waals surface area contributed by atoms with E-state index >= 15 is 0 Å². The molecule has 84 valence electrons. The molecule has 0 spiro atoms. The van der Waals surface area contributed by atoms with E-state index in [0.717, 1.165) is 27.8 Å². The van der Waals surface area contributed by atoms with Gasteiger partial charge in [0.2, 0.25) is 0 Å². The topological polar surface area (TPSA) is 38.1 Å². The minimum Gasteiger partial charge on any atom is -0.461 e. The van der Waals surface area contributed by atoms with Crippen LogP contribution in [0.5, 0.6) is 0 Å². The molecule has 1 N–H and O–H groups in total. The summed E-state index contributed by atoms with van der Waals surface area (Å²) in [5, 5.41) is 4.41. The molecule has 3 rings (SSSR count). The van der Waals surface area contributed by atoms with Crippen molar-refractivity contribution in [1.82, 2.24) is 10.3 Å². The van der Waals surface area contributed by atoms with Gasteiger partial charge in [0.1, 0.15) is 0 Å². The van der Waals surface area contributed by atoms with Gasteiger partial charge in [0.05, 0.1) is 10.7 Å². The summed E-state index contributed by atoms with van der Waals surface area (Å²) < 4.78 is 6.34. The Hall–Kier alpha value is -0.650. The van der Waals surface area contributed by atoms with E-state index in [1.165, 1.54) is 17.7 Å². The molecule has 0 bridgehead atoms. The van der Waals surface area contributed by atoms with Crippen molar-refractivity contribution in [1.29, 1.82) is 0 Å². The number of halogens is 1. The number of rotatable bonds is 4. The van der Waals surface area contributed by atoms with Crippen LogP contribution in [0.25, 0.3) is 10.8 Å². The van der Waals surface area contributed by atoms with E-state index in [1.807, 2.05) is 12.3 Å². The fourth-order valence-electron chi connectivity index (χ4n) is 1.47. The summed E-state index contributed by atoms with van der Waals surface area (Å²) in [6.45, 7) is 0.917. The molecule has 0 saturated heterocycles. The molecule has 0 amide bonds. The molecule has 2 aromatic rings. The third-order valence-electron chi connectivity index (χ3n) is 2.51. The molecule has 2 heterocycles. The lowest BCUT2D eigenvalue weighted by molar-refractivity contribution is 0.580. The van der Waals surface area contributed by atoms with Gasteiger partial charge in [0.15, 0.2) is 10.8 Å². The molecule has 0 unspecified atom stereocenters. The van der Waals surface area contributed by atoms with Crippen LogP contribution in [0.4, 0.5) is 0 Å². The first-order valence-corrected chi connectivity index (χ1v) is 6.85. The van der Waals surface area contributed by atoms with Gasteiger partial charge in [-0.2, -0.15) is 0 Å². The van der Waals surface area contributed by atoms with Gasteiger partial charge in [-0.1, -0.05) is 0 Å². The van der Waals surface area contributed by atoms with Crippen LogP contribution < -0.4 is 5.32 Å². The Kier molecular flexibility index (Phi) is 2.83. The molecule has 0 aromatic carbocycles. The minimum atomic E-state index is 0.737. The Balaban J connectivity index is 1.74. The number of hydrogen-bond donors (Lipinski definition) is 1. The van der Waals surface area contributed by atoms with Gasteiger partial charge < -0.3 is 9.73 Å². The van der Waals surface area contributed by atoms with Crippen LogP contribution >= 0.6 is 27.3 Å². The zero-order chi connectivity index (χ0) is 11.0. The second-order valence-corrected chi connectivity index (χ2v) is 5.85. The molecule has 3 nitrogen and oxygen atoms in total. The molecule has 0 atom stereocenters. The Bertz CT molecular complexity index is 490. The first-order chi connectivity index (χ1) is 7.83. The van der Waals surface area contributed by atoms with Crippen LogP contribution in [-0.4, -0.2) is 11.0 Å². The van der Waals surface area contributed by atoms with Crippen molar-refractivity contribution in [2.75, 3.05) is 0 Å². The number of nitrogens with zero attached hydrogens (tertiary/aromatic N) is 1. The monoisotopic (exact) mass is 298 g/mol. The van der Waals surface area contributed by atoms with Crippen LogP contribution in [0.3, 0.4) is 0 Å². The van der Waals surface area contributed by atoms with Crippen LogP contribution in [-0.2, 0) is 6.54 Å². The third-order valence-corrected chi connectivity index (χ3v) is 4.13. The molecule has 0 aliphatic heterocycles. The molecule has 1 saturated carbocycles.